The minimum atomic E-state index is -0.670. The Bertz CT molecular complexity index is 1170. The summed E-state index contributed by atoms with van der Waals surface area (Å²) >= 11 is 0. The van der Waals surface area contributed by atoms with Crippen molar-refractivity contribution in [2.24, 2.45) is 18.9 Å². The van der Waals surface area contributed by atoms with Gasteiger partial charge < -0.3 is 14.3 Å². The first kappa shape index (κ1) is 19.5. The maximum atomic E-state index is 13.3. The van der Waals surface area contributed by atoms with E-state index in [0.29, 0.717) is 12.3 Å². The van der Waals surface area contributed by atoms with E-state index in [-0.39, 0.29) is 29.6 Å². The van der Waals surface area contributed by atoms with Gasteiger partial charge in [-0.2, -0.15) is 0 Å². The van der Waals surface area contributed by atoms with E-state index in [4.69, 9.17) is 9.40 Å². The molecule has 1 saturated carbocycles. The van der Waals surface area contributed by atoms with Gasteiger partial charge in [-0.05, 0) is 18.4 Å². The molecule has 1 aliphatic carbocycles. The average molecular weight is 420 g/mol. The van der Waals surface area contributed by atoms with E-state index >= 15 is 0 Å². The van der Waals surface area contributed by atoms with Crippen molar-refractivity contribution in [2.45, 2.75) is 32.2 Å². The number of imidazole rings is 1. The van der Waals surface area contributed by atoms with Crippen LogP contribution in [0.3, 0.4) is 0 Å². The number of rotatable bonds is 4. The summed E-state index contributed by atoms with van der Waals surface area (Å²) in [6.45, 7) is 4.02. The molecule has 4 atom stereocenters. The largest absolute Gasteiger partial charge is 0.417 e. The maximum Gasteiger partial charge on any atom is 0.309 e. The third kappa shape index (κ3) is 3.11. The van der Waals surface area contributed by atoms with Crippen LogP contribution in [-0.2, 0) is 18.3 Å². The van der Waals surface area contributed by atoms with E-state index in [1.165, 1.54) is 0 Å². The Hall–Kier alpha value is -3.49. The van der Waals surface area contributed by atoms with Crippen molar-refractivity contribution >= 4 is 17.6 Å². The van der Waals surface area contributed by atoms with Gasteiger partial charge in [0.25, 0.3) is 5.91 Å². The van der Waals surface area contributed by atoms with Gasteiger partial charge in [-0.3, -0.25) is 14.5 Å². The van der Waals surface area contributed by atoms with Gasteiger partial charge in [0.2, 0.25) is 5.89 Å². The molecule has 9 nitrogen and oxygen atoms in total. The van der Waals surface area contributed by atoms with Gasteiger partial charge in [-0.25, -0.2) is 4.98 Å². The topological polar surface area (TPSA) is 106 Å². The minimum absolute atomic E-state index is 0.0128. The summed E-state index contributed by atoms with van der Waals surface area (Å²) in [7, 11) is 3.63. The first-order valence-corrected chi connectivity index (χ1v) is 10.3. The van der Waals surface area contributed by atoms with E-state index in [1.54, 1.807) is 11.9 Å². The lowest BCUT2D eigenvalue weighted by molar-refractivity contribution is -0.120. The SMILES string of the molecule is Cc1nc2c(n1C)N(C)C(=O)[C@@H](NC(=O)c1nnc(Cc3ccccc3)o1)C1C(C)C21. The molecule has 1 aromatic carbocycles. The fraction of sp³-hybridized carbons (Fsp3) is 0.409. The molecule has 0 bridgehead atoms. The number of nitrogens with zero attached hydrogens (tertiary/aromatic N) is 5. The van der Waals surface area contributed by atoms with Crippen molar-refractivity contribution in [1.29, 1.82) is 0 Å². The number of hydrogen-bond acceptors (Lipinski definition) is 6. The third-order valence-corrected chi connectivity index (χ3v) is 6.52. The summed E-state index contributed by atoms with van der Waals surface area (Å²) in [6.07, 6.45) is 0.439. The van der Waals surface area contributed by atoms with E-state index in [2.05, 4.69) is 22.4 Å². The standard InChI is InChI=1S/C22H24N6O3/c1-11-15-16(11)18(22(30)28(4)21-17(15)23-12(2)27(21)3)24-19(29)20-26-25-14(31-20)10-13-8-6-5-7-9-13/h5-9,11,15-16,18H,10H2,1-4H3,(H,24,29)/t11?,15?,16?,18-/m0/s1. The average Bonchev–Trinajstić information content (AvgIpc) is 3.07. The Morgan fingerprint density at radius 1 is 1.19 bits per heavy atom. The number of likely N-dealkylation sites (N-methyl/N-ethyl adjacent to an activating group) is 1. The third-order valence-electron chi connectivity index (χ3n) is 6.52. The summed E-state index contributed by atoms with van der Waals surface area (Å²) in [5.74, 6) is 1.53. The lowest BCUT2D eigenvalue weighted by Gasteiger charge is -2.23. The summed E-state index contributed by atoms with van der Waals surface area (Å²) in [5.41, 5.74) is 1.93. The van der Waals surface area contributed by atoms with Crippen molar-refractivity contribution in [2.75, 3.05) is 11.9 Å². The zero-order chi connectivity index (χ0) is 21.9. The van der Waals surface area contributed by atoms with Crippen LogP contribution in [-0.4, -0.2) is 44.7 Å². The van der Waals surface area contributed by atoms with Crippen LogP contribution in [0, 0.1) is 18.8 Å². The van der Waals surface area contributed by atoms with Gasteiger partial charge in [-0.1, -0.05) is 37.3 Å². The molecular weight excluding hydrogens is 396 g/mol. The predicted molar refractivity (Wildman–Crippen MR) is 112 cm³/mol. The molecule has 5 rings (SSSR count). The summed E-state index contributed by atoms with van der Waals surface area (Å²) < 4.78 is 7.49. The Labute approximate surface area is 179 Å². The number of aromatic nitrogens is 4. The monoisotopic (exact) mass is 420 g/mol. The van der Waals surface area contributed by atoms with Crippen LogP contribution < -0.4 is 10.2 Å². The van der Waals surface area contributed by atoms with Gasteiger partial charge in [0.1, 0.15) is 17.7 Å². The van der Waals surface area contributed by atoms with Crippen LogP contribution in [0.15, 0.2) is 34.7 Å². The Kier molecular flexibility index (Phi) is 4.42. The second-order valence-corrected chi connectivity index (χ2v) is 8.40. The highest BCUT2D eigenvalue weighted by Crippen LogP contribution is 2.59. The maximum absolute atomic E-state index is 13.3. The van der Waals surface area contributed by atoms with Crippen LogP contribution in [0.25, 0.3) is 0 Å². The minimum Gasteiger partial charge on any atom is -0.417 e. The molecule has 31 heavy (non-hydrogen) atoms. The summed E-state index contributed by atoms with van der Waals surface area (Å²) in [6, 6.07) is 9.01. The number of amides is 2. The van der Waals surface area contributed by atoms with Gasteiger partial charge in [0.05, 0.1) is 12.1 Å². The lowest BCUT2D eigenvalue weighted by atomic mass is 10.1. The van der Waals surface area contributed by atoms with Crippen LogP contribution >= 0.6 is 0 Å². The van der Waals surface area contributed by atoms with Crippen molar-refractivity contribution in [3.63, 3.8) is 0 Å². The second-order valence-electron chi connectivity index (χ2n) is 8.40. The van der Waals surface area contributed by atoms with E-state index < -0.39 is 11.9 Å². The molecular formula is C22H24N6O3. The second kappa shape index (κ2) is 7.04. The molecule has 2 amide bonds. The molecule has 3 aromatic rings. The molecule has 1 fully saturated rings. The number of nitrogens with one attached hydrogen (secondary N) is 1. The molecule has 160 valence electrons. The molecule has 3 unspecified atom stereocenters. The highest BCUT2D eigenvalue weighted by molar-refractivity contribution is 6.02. The highest BCUT2D eigenvalue weighted by atomic mass is 16.4. The van der Waals surface area contributed by atoms with Gasteiger partial charge in [0, 0.05) is 25.9 Å². The predicted octanol–water partition coefficient (Wildman–Crippen LogP) is 1.83. The number of anilines is 1. The van der Waals surface area contributed by atoms with Crippen LogP contribution in [0.2, 0.25) is 0 Å². The fourth-order valence-corrected chi connectivity index (χ4v) is 4.71. The molecule has 0 radical (unpaired) electrons. The van der Waals surface area contributed by atoms with Crippen LogP contribution in [0.1, 0.15) is 46.5 Å². The molecule has 1 N–H and O–H groups in total. The lowest BCUT2D eigenvalue weighted by Crippen LogP contribution is -2.49. The van der Waals surface area contributed by atoms with Crippen LogP contribution in [0.4, 0.5) is 5.82 Å². The number of aryl methyl sites for hydroxylation is 1. The van der Waals surface area contributed by atoms with Crippen molar-refractivity contribution in [3.05, 3.63) is 59.2 Å². The summed E-state index contributed by atoms with van der Waals surface area (Å²) in [4.78, 5) is 32.4. The number of fused-ring (bicyclic) bond motifs is 3. The quantitative estimate of drug-likeness (QED) is 0.690. The zero-order valence-corrected chi connectivity index (χ0v) is 17.9. The molecule has 0 saturated heterocycles. The number of benzene rings is 1. The van der Waals surface area contributed by atoms with Crippen molar-refractivity contribution in [1.82, 2.24) is 25.1 Å². The zero-order valence-electron chi connectivity index (χ0n) is 17.9. The van der Waals surface area contributed by atoms with E-state index in [0.717, 1.165) is 22.9 Å². The molecule has 0 spiro atoms. The normalized spacial score (nSPS) is 24.4. The van der Waals surface area contributed by atoms with Gasteiger partial charge in [0.15, 0.2) is 0 Å². The number of carbonyl (C=O) groups excluding carboxylic acids is 2. The number of hydrogen-bond donors (Lipinski definition) is 1. The highest BCUT2D eigenvalue weighted by Gasteiger charge is 2.59. The molecule has 3 heterocycles. The smallest absolute Gasteiger partial charge is 0.309 e. The van der Waals surface area contributed by atoms with E-state index in [9.17, 15) is 9.59 Å². The Morgan fingerprint density at radius 2 is 1.94 bits per heavy atom. The number of carbonyl (C=O) groups is 2. The van der Waals surface area contributed by atoms with Crippen molar-refractivity contribution < 1.29 is 14.0 Å². The molecule has 1 aliphatic heterocycles. The van der Waals surface area contributed by atoms with Gasteiger partial charge in [-0.15, -0.1) is 10.2 Å². The Morgan fingerprint density at radius 3 is 2.68 bits per heavy atom. The first-order valence-electron chi connectivity index (χ1n) is 10.3. The van der Waals surface area contributed by atoms with Crippen LogP contribution in [0.5, 0.6) is 0 Å². The summed E-state index contributed by atoms with van der Waals surface area (Å²) in [5, 5.41) is 10.7. The van der Waals surface area contributed by atoms with Crippen molar-refractivity contribution in [3.8, 4) is 0 Å². The van der Waals surface area contributed by atoms with Gasteiger partial charge >= 0.3 is 11.8 Å². The molecule has 9 heteroatoms. The Balaban J connectivity index is 1.36. The first-order chi connectivity index (χ1) is 14.9. The molecule has 2 aliphatic rings. The fourth-order valence-electron chi connectivity index (χ4n) is 4.71. The molecule has 2 aromatic heterocycles. The van der Waals surface area contributed by atoms with E-state index in [1.807, 2.05) is 48.9 Å².